The first-order valence-corrected chi connectivity index (χ1v) is 6.95. The van der Waals surface area contributed by atoms with E-state index in [0.29, 0.717) is 12.2 Å². The normalized spacial score (nSPS) is 19.9. The second kappa shape index (κ2) is 6.61. The van der Waals surface area contributed by atoms with Crippen LogP contribution in [0.15, 0.2) is 17.3 Å². The molecule has 0 amide bonds. The van der Waals surface area contributed by atoms with Crippen LogP contribution in [0.5, 0.6) is 5.75 Å². The lowest BCUT2D eigenvalue weighted by atomic mass is 10.0. The van der Waals surface area contributed by atoms with Crippen molar-refractivity contribution in [2.24, 2.45) is 10.9 Å². The van der Waals surface area contributed by atoms with Gasteiger partial charge in [-0.05, 0) is 56.4 Å². The van der Waals surface area contributed by atoms with Gasteiger partial charge in [-0.2, -0.15) is 0 Å². The number of benzene rings is 1. The first-order valence-electron chi connectivity index (χ1n) is 6.95. The Bertz CT molecular complexity index is 471. The lowest BCUT2D eigenvalue weighted by Crippen LogP contribution is -2.26. The summed E-state index contributed by atoms with van der Waals surface area (Å²) >= 11 is 0. The first-order chi connectivity index (χ1) is 9.61. The molecular weight excluding hydrogens is 256 g/mol. The number of rotatable bonds is 4. The molecule has 0 spiro atoms. The molecule has 110 valence electrons. The molecule has 0 radical (unpaired) electrons. The van der Waals surface area contributed by atoms with E-state index >= 15 is 0 Å². The largest absolute Gasteiger partial charge is 0.490 e. The van der Waals surface area contributed by atoms with Gasteiger partial charge in [0.15, 0.2) is 5.84 Å². The van der Waals surface area contributed by atoms with Gasteiger partial charge in [-0.3, -0.25) is 0 Å². The van der Waals surface area contributed by atoms with Crippen LogP contribution in [-0.2, 0) is 4.74 Å². The molecule has 1 aliphatic heterocycles. The van der Waals surface area contributed by atoms with Gasteiger partial charge in [0.05, 0.1) is 6.10 Å². The zero-order valence-electron chi connectivity index (χ0n) is 12.1. The molecular formula is C15H22N2O3. The van der Waals surface area contributed by atoms with Crippen molar-refractivity contribution in [1.29, 1.82) is 0 Å². The van der Waals surface area contributed by atoms with Crippen LogP contribution in [0.3, 0.4) is 0 Å². The molecule has 20 heavy (non-hydrogen) atoms. The molecule has 1 aromatic carbocycles. The van der Waals surface area contributed by atoms with E-state index in [-0.39, 0.29) is 11.9 Å². The summed E-state index contributed by atoms with van der Waals surface area (Å²) in [5.41, 5.74) is 8.26. The van der Waals surface area contributed by atoms with E-state index in [4.69, 9.17) is 20.4 Å². The van der Waals surface area contributed by atoms with Crippen molar-refractivity contribution in [2.45, 2.75) is 39.2 Å². The maximum atomic E-state index is 8.73. The minimum absolute atomic E-state index is 0.110. The molecule has 1 aliphatic rings. The van der Waals surface area contributed by atoms with E-state index in [1.165, 1.54) is 6.42 Å². The summed E-state index contributed by atoms with van der Waals surface area (Å²) in [5.74, 6) is 0.965. The SMILES string of the molecule is Cc1cc(C(N)=NO)cc(C)c1OCC1CCCCO1. The summed E-state index contributed by atoms with van der Waals surface area (Å²) in [7, 11) is 0. The van der Waals surface area contributed by atoms with Crippen molar-refractivity contribution in [3.05, 3.63) is 28.8 Å². The lowest BCUT2D eigenvalue weighted by molar-refractivity contribution is -0.0113. The number of oxime groups is 1. The summed E-state index contributed by atoms with van der Waals surface area (Å²) in [4.78, 5) is 0. The molecule has 1 aromatic rings. The van der Waals surface area contributed by atoms with Crippen molar-refractivity contribution in [3.8, 4) is 5.75 Å². The third-order valence-electron chi connectivity index (χ3n) is 3.55. The average Bonchev–Trinajstić information content (AvgIpc) is 2.46. The van der Waals surface area contributed by atoms with Gasteiger partial charge in [0.1, 0.15) is 12.4 Å². The Labute approximate surface area is 119 Å². The molecule has 1 fully saturated rings. The summed E-state index contributed by atoms with van der Waals surface area (Å²) in [5, 5.41) is 11.8. The average molecular weight is 278 g/mol. The Hall–Kier alpha value is -1.75. The summed E-state index contributed by atoms with van der Waals surface area (Å²) < 4.78 is 11.6. The maximum absolute atomic E-state index is 8.73. The minimum Gasteiger partial charge on any atom is -0.490 e. The Morgan fingerprint density at radius 2 is 2.10 bits per heavy atom. The maximum Gasteiger partial charge on any atom is 0.170 e. The number of amidine groups is 1. The molecule has 0 saturated carbocycles. The fourth-order valence-electron chi connectivity index (χ4n) is 2.50. The molecule has 3 N–H and O–H groups in total. The molecule has 5 nitrogen and oxygen atoms in total. The zero-order valence-corrected chi connectivity index (χ0v) is 12.1. The van der Waals surface area contributed by atoms with Gasteiger partial charge in [-0.25, -0.2) is 0 Å². The molecule has 0 aliphatic carbocycles. The third kappa shape index (κ3) is 3.42. The van der Waals surface area contributed by atoms with Crippen LogP contribution in [0.25, 0.3) is 0 Å². The van der Waals surface area contributed by atoms with Crippen LogP contribution < -0.4 is 10.5 Å². The monoisotopic (exact) mass is 278 g/mol. The highest BCUT2D eigenvalue weighted by Crippen LogP contribution is 2.26. The number of nitrogens with zero attached hydrogens (tertiary/aromatic N) is 1. The van der Waals surface area contributed by atoms with Gasteiger partial charge in [0.2, 0.25) is 0 Å². The Morgan fingerprint density at radius 3 is 2.65 bits per heavy atom. The van der Waals surface area contributed by atoms with Gasteiger partial charge < -0.3 is 20.4 Å². The molecule has 1 atom stereocenters. The standard InChI is InChI=1S/C15H22N2O3/c1-10-7-12(15(16)17-18)8-11(2)14(10)20-9-13-5-3-4-6-19-13/h7-8,13,18H,3-6,9H2,1-2H3,(H2,16,17). The molecule has 5 heteroatoms. The van der Waals surface area contributed by atoms with Gasteiger partial charge in [0.25, 0.3) is 0 Å². The van der Waals surface area contributed by atoms with E-state index in [1.54, 1.807) is 0 Å². The smallest absolute Gasteiger partial charge is 0.170 e. The van der Waals surface area contributed by atoms with E-state index in [2.05, 4.69) is 5.16 Å². The van der Waals surface area contributed by atoms with Crippen molar-refractivity contribution in [3.63, 3.8) is 0 Å². The van der Waals surface area contributed by atoms with E-state index < -0.39 is 0 Å². The van der Waals surface area contributed by atoms with Crippen molar-refractivity contribution in [2.75, 3.05) is 13.2 Å². The van der Waals surface area contributed by atoms with E-state index in [9.17, 15) is 0 Å². The zero-order chi connectivity index (χ0) is 14.5. The summed E-state index contributed by atoms with van der Waals surface area (Å²) in [6, 6.07) is 3.72. The highest BCUT2D eigenvalue weighted by Gasteiger charge is 2.16. The number of aryl methyl sites for hydroxylation is 2. The minimum atomic E-state index is 0.110. The molecule has 2 rings (SSSR count). The van der Waals surface area contributed by atoms with E-state index in [0.717, 1.165) is 36.3 Å². The fraction of sp³-hybridized carbons (Fsp3) is 0.533. The molecule has 1 saturated heterocycles. The Balaban J connectivity index is 2.08. The summed E-state index contributed by atoms with van der Waals surface area (Å²) in [6.07, 6.45) is 3.59. The third-order valence-corrected chi connectivity index (χ3v) is 3.55. The fourth-order valence-corrected chi connectivity index (χ4v) is 2.50. The van der Waals surface area contributed by atoms with Crippen molar-refractivity contribution < 1.29 is 14.7 Å². The van der Waals surface area contributed by atoms with Crippen LogP contribution in [0.1, 0.15) is 36.0 Å². The van der Waals surface area contributed by atoms with Gasteiger partial charge in [-0.15, -0.1) is 0 Å². The highest BCUT2D eigenvalue weighted by molar-refractivity contribution is 5.97. The van der Waals surface area contributed by atoms with Gasteiger partial charge in [-0.1, -0.05) is 5.16 Å². The second-order valence-electron chi connectivity index (χ2n) is 5.22. The Kier molecular flexibility index (Phi) is 4.84. The van der Waals surface area contributed by atoms with Crippen LogP contribution in [0.4, 0.5) is 0 Å². The topological polar surface area (TPSA) is 77.1 Å². The van der Waals surface area contributed by atoms with Crippen LogP contribution in [0.2, 0.25) is 0 Å². The van der Waals surface area contributed by atoms with Gasteiger partial charge in [0, 0.05) is 12.2 Å². The lowest BCUT2D eigenvalue weighted by Gasteiger charge is -2.23. The van der Waals surface area contributed by atoms with Crippen LogP contribution in [0, 0.1) is 13.8 Å². The first kappa shape index (κ1) is 14.7. The second-order valence-corrected chi connectivity index (χ2v) is 5.22. The van der Waals surface area contributed by atoms with Crippen molar-refractivity contribution >= 4 is 5.84 Å². The molecule has 0 aromatic heterocycles. The molecule has 1 heterocycles. The Morgan fingerprint density at radius 1 is 1.40 bits per heavy atom. The van der Waals surface area contributed by atoms with Crippen LogP contribution in [-0.4, -0.2) is 30.4 Å². The van der Waals surface area contributed by atoms with Crippen LogP contribution >= 0.6 is 0 Å². The quantitative estimate of drug-likeness (QED) is 0.383. The van der Waals surface area contributed by atoms with E-state index in [1.807, 2.05) is 26.0 Å². The predicted molar refractivity (Wildman–Crippen MR) is 77.5 cm³/mol. The highest BCUT2D eigenvalue weighted by atomic mass is 16.5. The number of nitrogens with two attached hydrogens (primary N) is 1. The predicted octanol–water partition coefficient (Wildman–Crippen LogP) is 2.35. The number of hydrogen-bond donors (Lipinski definition) is 2. The van der Waals surface area contributed by atoms with Gasteiger partial charge >= 0.3 is 0 Å². The van der Waals surface area contributed by atoms with Crippen molar-refractivity contribution in [1.82, 2.24) is 0 Å². The molecule has 1 unspecified atom stereocenters. The summed E-state index contributed by atoms with van der Waals surface area (Å²) in [6.45, 7) is 5.31. The molecule has 0 bridgehead atoms. The number of hydrogen-bond acceptors (Lipinski definition) is 4. The number of ether oxygens (including phenoxy) is 2.